The maximum absolute atomic E-state index is 12.8. The fourth-order valence-electron chi connectivity index (χ4n) is 2.19. The molecule has 2 aromatic carbocycles. The van der Waals surface area contributed by atoms with Gasteiger partial charge in [-0.05, 0) is 36.4 Å². The molecule has 0 aliphatic heterocycles. The molecule has 0 spiro atoms. The summed E-state index contributed by atoms with van der Waals surface area (Å²) in [5.41, 5.74) is 0.0161. The number of aromatic nitrogens is 1. The molecule has 0 saturated carbocycles. The maximum atomic E-state index is 12.8. The quantitative estimate of drug-likeness (QED) is 0.432. The van der Waals surface area contributed by atoms with E-state index in [-0.39, 0.29) is 17.4 Å². The van der Waals surface area contributed by atoms with Crippen LogP contribution in [0, 0.1) is 0 Å². The fraction of sp³-hybridized carbons (Fsp3) is 0.105. The summed E-state index contributed by atoms with van der Waals surface area (Å²) in [5, 5.41) is 0.647. The summed E-state index contributed by atoms with van der Waals surface area (Å²) in [5.74, 6) is 0.754. The summed E-state index contributed by atoms with van der Waals surface area (Å²) < 4.78 is 49.4. The fourth-order valence-corrected chi connectivity index (χ4v) is 2.52. The van der Waals surface area contributed by atoms with Gasteiger partial charge in [-0.1, -0.05) is 35.3 Å². The van der Waals surface area contributed by atoms with Gasteiger partial charge in [0.15, 0.2) is 0 Å². The second-order valence-electron chi connectivity index (χ2n) is 5.50. The molecule has 0 fully saturated rings. The van der Waals surface area contributed by atoms with Crippen LogP contribution in [0.2, 0.25) is 10.2 Å². The summed E-state index contributed by atoms with van der Waals surface area (Å²) in [7, 11) is 0. The Kier molecular flexibility index (Phi) is 5.77. The lowest BCUT2D eigenvalue weighted by molar-refractivity contribution is -0.137. The van der Waals surface area contributed by atoms with Crippen LogP contribution < -0.4 is 9.47 Å². The predicted octanol–water partition coefficient (Wildman–Crippen LogP) is 6.78. The van der Waals surface area contributed by atoms with Crippen LogP contribution in [0.15, 0.2) is 60.8 Å². The van der Waals surface area contributed by atoms with E-state index in [0.717, 1.165) is 17.7 Å². The molecule has 0 atom stereocenters. The molecule has 0 unspecified atom stereocenters. The Labute approximate surface area is 163 Å². The highest BCUT2D eigenvalue weighted by molar-refractivity contribution is 6.32. The summed E-state index contributed by atoms with van der Waals surface area (Å²) in [6.45, 7) is 0.234. The molecule has 3 rings (SSSR count). The standard InChI is InChI=1S/C19H12Cl2F3NO2/c20-16-9-15(27-14-3-1-2-13(8-14)19(22,23)24)5-6-17(16)26-11-12-4-7-18(21)25-10-12/h1-10H,11H2. The third-order valence-electron chi connectivity index (χ3n) is 3.48. The molecule has 3 aromatic rings. The van der Waals surface area contributed by atoms with Gasteiger partial charge in [0.05, 0.1) is 10.6 Å². The number of alkyl halides is 3. The Morgan fingerprint density at radius 3 is 2.37 bits per heavy atom. The number of rotatable bonds is 5. The number of ether oxygens (including phenoxy) is 2. The van der Waals surface area contributed by atoms with E-state index in [2.05, 4.69) is 4.98 Å². The molecule has 0 aliphatic carbocycles. The van der Waals surface area contributed by atoms with E-state index >= 15 is 0 Å². The first-order valence-electron chi connectivity index (χ1n) is 7.69. The van der Waals surface area contributed by atoms with Crippen LogP contribution in [0.3, 0.4) is 0 Å². The van der Waals surface area contributed by atoms with Gasteiger partial charge in [0, 0.05) is 17.8 Å². The molecule has 0 radical (unpaired) electrons. The monoisotopic (exact) mass is 413 g/mol. The zero-order valence-corrected chi connectivity index (χ0v) is 15.1. The average Bonchev–Trinajstić information content (AvgIpc) is 2.62. The molecular weight excluding hydrogens is 402 g/mol. The maximum Gasteiger partial charge on any atom is 0.416 e. The van der Waals surface area contributed by atoms with Crippen LogP contribution in [-0.2, 0) is 12.8 Å². The van der Waals surface area contributed by atoms with Gasteiger partial charge >= 0.3 is 6.18 Å². The van der Waals surface area contributed by atoms with Crippen molar-refractivity contribution in [1.29, 1.82) is 0 Å². The van der Waals surface area contributed by atoms with Crippen LogP contribution in [0.25, 0.3) is 0 Å². The molecule has 8 heteroatoms. The summed E-state index contributed by atoms with van der Waals surface area (Å²) in [6, 6.07) is 12.6. The summed E-state index contributed by atoms with van der Waals surface area (Å²) in [6.07, 6.45) is -2.85. The molecule has 140 valence electrons. The first-order valence-corrected chi connectivity index (χ1v) is 8.45. The zero-order valence-electron chi connectivity index (χ0n) is 13.6. The second kappa shape index (κ2) is 8.06. The Morgan fingerprint density at radius 1 is 0.926 bits per heavy atom. The molecule has 1 heterocycles. The number of hydrogen-bond donors (Lipinski definition) is 0. The van der Waals surface area contributed by atoms with Crippen LogP contribution >= 0.6 is 23.2 Å². The lowest BCUT2D eigenvalue weighted by Crippen LogP contribution is -2.04. The van der Waals surface area contributed by atoms with Gasteiger partial charge in [-0.15, -0.1) is 0 Å². The highest BCUT2D eigenvalue weighted by Gasteiger charge is 2.30. The lowest BCUT2D eigenvalue weighted by Gasteiger charge is -2.12. The SMILES string of the molecule is FC(F)(F)c1cccc(Oc2ccc(OCc3ccc(Cl)nc3)c(Cl)c2)c1. The smallest absolute Gasteiger partial charge is 0.416 e. The van der Waals surface area contributed by atoms with Crippen molar-refractivity contribution in [3.8, 4) is 17.2 Å². The van der Waals surface area contributed by atoms with Crippen molar-refractivity contribution in [3.63, 3.8) is 0 Å². The van der Waals surface area contributed by atoms with E-state index in [9.17, 15) is 13.2 Å². The minimum Gasteiger partial charge on any atom is -0.487 e. The van der Waals surface area contributed by atoms with E-state index < -0.39 is 11.7 Å². The van der Waals surface area contributed by atoms with Crippen molar-refractivity contribution in [2.75, 3.05) is 0 Å². The Balaban J connectivity index is 1.68. The molecule has 0 saturated heterocycles. The number of halogens is 5. The molecule has 3 nitrogen and oxygen atoms in total. The van der Waals surface area contributed by atoms with Crippen LogP contribution in [0.5, 0.6) is 17.2 Å². The first-order chi connectivity index (χ1) is 12.8. The zero-order chi connectivity index (χ0) is 19.4. The molecular formula is C19H12Cl2F3NO2. The van der Waals surface area contributed by atoms with Crippen LogP contribution in [0.1, 0.15) is 11.1 Å². The van der Waals surface area contributed by atoms with E-state index in [1.54, 1.807) is 30.5 Å². The topological polar surface area (TPSA) is 31.4 Å². The second-order valence-corrected chi connectivity index (χ2v) is 6.29. The third-order valence-corrected chi connectivity index (χ3v) is 4.00. The van der Waals surface area contributed by atoms with Gasteiger partial charge < -0.3 is 9.47 Å². The van der Waals surface area contributed by atoms with Gasteiger partial charge in [0.2, 0.25) is 0 Å². The van der Waals surface area contributed by atoms with Crippen molar-refractivity contribution >= 4 is 23.2 Å². The highest BCUT2D eigenvalue weighted by Crippen LogP contribution is 2.35. The van der Waals surface area contributed by atoms with Crippen molar-refractivity contribution in [3.05, 3.63) is 82.1 Å². The van der Waals surface area contributed by atoms with Crippen molar-refractivity contribution in [1.82, 2.24) is 4.98 Å². The van der Waals surface area contributed by atoms with Crippen molar-refractivity contribution in [2.45, 2.75) is 12.8 Å². The third kappa shape index (κ3) is 5.28. The molecule has 0 bridgehead atoms. The number of pyridine rings is 1. The Hall–Kier alpha value is -2.44. The molecule has 0 N–H and O–H groups in total. The highest BCUT2D eigenvalue weighted by atomic mass is 35.5. The first kappa shape index (κ1) is 19.3. The normalized spacial score (nSPS) is 11.3. The van der Waals surface area contributed by atoms with Crippen molar-refractivity contribution in [2.24, 2.45) is 0 Å². The minimum absolute atomic E-state index is 0.0572. The lowest BCUT2D eigenvalue weighted by atomic mass is 10.2. The van der Waals surface area contributed by atoms with E-state index in [0.29, 0.717) is 16.7 Å². The minimum atomic E-state index is -4.44. The summed E-state index contributed by atoms with van der Waals surface area (Å²) >= 11 is 11.9. The molecule has 27 heavy (non-hydrogen) atoms. The Morgan fingerprint density at radius 2 is 1.70 bits per heavy atom. The molecule has 1 aromatic heterocycles. The van der Waals surface area contributed by atoms with E-state index in [1.165, 1.54) is 18.2 Å². The Bertz CT molecular complexity index is 931. The van der Waals surface area contributed by atoms with E-state index in [4.69, 9.17) is 32.7 Å². The summed E-state index contributed by atoms with van der Waals surface area (Å²) in [4.78, 5) is 3.95. The van der Waals surface area contributed by atoms with Crippen LogP contribution in [-0.4, -0.2) is 4.98 Å². The van der Waals surface area contributed by atoms with Gasteiger partial charge in [0.25, 0.3) is 0 Å². The van der Waals surface area contributed by atoms with Crippen molar-refractivity contribution < 1.29 is 22.6 Å². The van der Waals surface area contributed by atoms with E-state index in [1.807, 2.05) is 0 Å². The van der Waals surface area contributed by atoms with Gasteiger partial charge in [-0.3, -0.25) is 0 Å². The largest absolute Gasteiger partial charge is 0.487 e. The number of benzene rings is 2. The van der Waals surface area contributed by atoms with Gasteiger partial charge in [0.1, 0.15) is 29.0 Å². The van der Waals surface area contributed by atoms with Gasteiger partial charge in [-0.2, -0.15) is 13.2 Å². The predicted molar refractivity (Wildman–Crippen MR) is 96.5 cm³/mol. The number of hydrogen-bond acceptors (Lipinski definition) is 3. The molecule has 0 amide bonds. The van der Waals surface area contributed by atoms with Crippen LogP contribution in [0.4, 0.5) is 13.2 Å². The van der Waals surface area contributed by atoms with Gasteiger partial charge in [-0.25, -0.2) is 4.98 Å². The average molecular weight is 414 g/mol. The molecule has 0 aliphatic rings. The number of nitrogens with zero attached hydrogens (tertiary/aromatic N) is 1.